The van der Waals surface area contributed by atoms with E-state index in [2.05, 4.69) is 15.1 Å². The van der Waals surface area contributed by atoms with Crippen molar-refractivity contribution in [2.24, 2.45) is 5.92 Å². The number of nitrogens with one attached hydrogen (secondary N) is 2. The molecule has 12 heteroatoms. The van der Waals surface area contributed by atoms with E-state index in [1.165, 1.54) is 10.7 Å². The van der Waals surface area contributed by atoms with Crippen LogP contribution in [0.1, 0.15) is 71.4 Å². The van der Waals surface area contributed by atoms with Crippen molar-refractivity contribution >= 4 is 21.6 Å². The van der Waals surface area contributed by atoms with E-state index >= 15 is 0 Å². The first kappa shape index (κ1) is 28.2. The topological polar surface area (TPSA) is 145 Å². The molecule has 0 atom stereocenters. The molecule has 0 saturated heterocycles. The molecule has 2 aromatic rings. The van der Waals surface area contributed by atoms with Crippen molar-refractivity contribution in [3.8, 4) is 11.6 Å². The Morgan fingerprint density at radius 2 is 1.80 bits per heavy atom. The molecule has 0 aliphatic rings. The number of non-ortho nitro benzene ring substituents is 1. The van der Waals surface area contributed by atoms with E-state index in [1.807, 2.05) is 34.6 Å². The summed E-state index contributed by atoms with van der Waals surface area (Å²) in [6.07, 6.45) is 0. The van der Waals surface area contributed by atoms with Gasteiger partial charge in [0.25, 0.3) is 11.6 Å². The number of sulfonamides is 1. The van der Waals surface area contributed by atoms with E-state index in [9.17, 15) is 23.3 Å². The van der Waals surface area contributed by atoms with Gasteiger partial charge in [-0.15, -0.1) is 0 Å². The fourth-order valence-corrected chi connectivity index (χ4v) is 4.68. The quantitative estimate of drug-likeness (QED) is 0.402. The molecule has 0 spiro atoms. The number of nitro groups is 1. The Kier molecular flexibility index (Phi) is 8.02. The SMILES string of the molecule is Cc1c(C(=O)NCC(C)C)nn(C(C)(C)C)c1Oc1ccc([N+](=O)[O-])cc1S(=O)(=O)NC(C)(C)C. The van der Waals surface area contributed by atoms with Crippen LogP contribution >= 0.6 is 0 Å². The maximum Gasteiger partial charge on any atom is 0.272 e. The molecular formula is C23H35N5O6S. The zero-order valence-electron chi connectivity index (χ0n) is 21.7. The monoisotopic (exact) mass is 509 g/mol. The number of nitro benzene ring substituents is 1. The number of carbonyl (C=O) groups excluding carboxylic acids is 1. The molecule has 0 aliphatic heterocycles. The first-order valence-corrected chi connectivity index (χ1v) is 12.7. The first-order chi connectivity index (χ1) is 15.8. The number of aromatic nitrogens is 2. The average Bonchev–Trinajstić information content (AvgIpc) is 3.01. The Bertz CT molecular complexity index is 1220. The highest BCUT2D eigenvalue weighted by atomic mass is 32.2. The molecule has 1 aromatic heterocycles. The lowest BCUT2D eigenvalue weighted by molar-refractivity contribution is -0.385. The molecule has 0 unspecified atom stereocenters. The highest BCUT2D eigenvalue weighted by Gasteiger charge is 2.31. The lowest BCUT2D eigenvalue weighted by Crippen LogP contribution is -2.40. The molecule has 35 heavy (non-hydrogen) atoms. The number of hydrogen-bond acceptors (Lipinski definition) is 7. The third-order valence-corrected chi connectivity index (χ3v) is 6.44. The van der Waals surface area contributed by atoms with Crippen molar-refractivity contribution < 1.29 is 22.9 Å². The summed E-state index contributed by atoms with van der Waals surface area (Å²) in [5, 5.41) is 18.6. The van der Waals surface area contributed by atoms with Gasteiger partial charge in [0.1, 0.15) is 10.6 Å². The summed E-state index contributed by atoms with van der Waals surface area (Å²) in [6.45, 7) is 16.6. The normalized spacial score (nSPS) is 12.6. The standard InChI is InChI=1S/C23H35N5O6S/c1-14(2)13-24-20(29)19-15(3)21(27(25-19)23(7,8)9)34-17-11-10-16(28(30)31)12-18(17)35(32,33)26-22(4,5)6/h10-12,14,26H,13H2,1-9H3,(H,24,29). The predicted octanol–water partition coefficient (Wildman–Crippen LogP) is 4.11. The van der Waals surface area contributed by atoms with Crippen molar-refractivity contribution in [2.45, 2.75) is 78.3 Å². The second-order valence-electron chi connectivity index (χ2n) is 10.8. The lowest BCUT2D eigenvalue weighted by atomic mass is 10.1. The van der Waals surface area contributed by atoms with Crippen LogP contribution in [-0.4, -0.2) is 41.1 Å². The van der Waals surface area contributed by atoms with Gasteiger partial charge in [0.05, 0.1) is 10.5 Å². The van der Waals surface area contributed by atoms with Gasteiger partial charge in [0, 0.05) is 29.8 Å². The smallest absolute Gasteiger partial charge is 0.272 e. The van der Waals surface area contributed by atoms with Gasteiger partial charge in [-0.3, -0.25) is 14.9 Å². The Morgan fingerprint density at radius 3 is 2.29 bits per heavy atom. The number of carbonyl (C=O) groups is 1. The molecule has 1 heterocycles. The summed E-state index contributed by atoms with van der Waals surface area (Å²) in [6, 6.07) is 3.34. The molecule has 2 rings (SSSR count). The van der Waals surface area contributed by atoms with Gasteiger partial charge in [-0.25, -0.2) is 17.8 Å². The van der Waals surface area contributed by atoms with E-state index in [0.29, 0.717) is 12.1 Å². The summed E-state index contributed by atoms with van der Waals surface area (Å²) in [7, 11) is -4.20. The minimum absolute atomic E-state index is 0.130. The minimum Gasteiger partial charge on any atom is -0.438 e. The van der Waals surface area contributed by atoms with E-state index in [4.69, 9.17) is 4.74 Å². The van der Waals surface area contributed by atoms with E-state index in [-0.39, 0.29) is 29.1 Å². The van der Waals surface area contributed by atoms with E-state index in [1.54, 1.807) is 27.7 Å². The fraction of sp³-hybridized carbons (Fsp3) is 0.565. The molecular weight excluding hydrogens is 474 g/mol. The summed E-state index contributed by atoms with van der Waals surface area (Å²) in [5.41, 5.74) is -1.31. The fourth-order valence-electron chi connectivity index (χ4n) is 3.12. The van der Waals surface area contributed by atoms with Crippen molar-refractivity contribution in [3.63, 3.8) is 0 Å². The molecule has 0 aliphatic carbocycles. The third-order valence-electron chi connectivity index (χ3n) is 4.66. The molecule has 11 nitrogen and oxygen atoms in total. The van der Waals surface area contributed by atoms with Crippen LogP contribution in [0.2, 0.25) is 0 Å². The van der Waals surface area contributed by atoms with Gasteiger partial charge in [0.2, 0.25) is 15.9 Å². The third kappa shape index (κ3) is 7.01. The number of benzene rings is 1. The average molecular weight is 510 g/mol. The first-order valence-electron chi connectivity index (χ1n) is 11.2. The number of nitrogens with zero attached hydrogens (tertiary/aromatic N) is 3. The van der Waals surface area contributed by atoms with Gasteiger partial charge >= 0.3 is 0 Å². The molecule has 194 valence electrons. The molecule has 1 aromatic carbocycles. The van der Waals surface area contributed by atoms with Crippen LogP contribution in [0.4, 0.5) is 5.69 Å². The maximum absolute atomic E-state index is 13.2. The molecule has 0 fully saturated rings. The van der Waals surface area contributed by atoms with Crippen molar-refractivity contribution in [1.82, 2.24) is 19.8 Å². The molecule has 2 N–H and O–H groups in total. The van der Waals surface area contributed by atoms with Crippen LogP contribution in [0, 0.1) is 23.0 Å². The van der Waals surface area contributed by atoms with Gasteiger partial charge in [-0.2, -0.15) is 5.10 Å². The number of hydrogen-bond donors (Lipinski definition) is 2. The predicted molar refractivity (Wildman–Crippen MR) is 132 cm³/mol. The zero-order chi connectivity index (χ0) is 26.9. The van der Waals surface area contributed by atoms with Crippen molar-refractivity contribution in [1.29, 1.82) is 0 Å². The van der Waals surface area contributed by atoms with Gasteiger partial charge in [-0.05, 0) is 60.5 Å². The summed E-state index contributed by atoms with van der Waals surface area (Å²) >= 11 is 0. The Hall–Kier alpha value is -2.99. The summed E-state index contributed by atoms with van der Waals surface area (Å²) < 4.78 is 36.4. The Labute approximate surface area is 206 Å². The van der Waals surface area contributed by atoms with Crippen LogP contribution in [-0.2, 0) is 15.6 Å². The van der Waals surface area contributed by atoms with Gasteiger partial charge < -0.3 is 10.1 Å². The Morgan fingerprint density at radius 1 is 1.20 bits per heavy atom. The number of rotatable bonds is 8. The van der Waals surface area contributed by atoms with Crippen LogP contribution in [0.3, 0.4) is 0 Å². The molecule has 0 bridgehead atoms. The second-order valence-corrected chi connectivity index (χ2v) is 12.5. The van der Waals surface area contributed by atoms with Crippen LogP contribution in [0.25, 0.3) is 0 Å². The minimum atomic E-state index is -4.20. The highest BCUT2D eigenvalue weighted by molar-refractivity contribution is 7.89. The van der Waals surface area contributed by atoms with Crippen LogP contribution in [0.15, 0.2) is 23.1 Å². The number of ether oxygens (including phenoxy) is 1. The van der Waals surface area contributed by atoms with Gasteiger partial charge in [0.15, 0.2) is 5.69 Å². The summed E-state index contributed by atoms with van der Waals surface area (Å²) in [4.78, 5) is 23.1. The van der Waals surface area contributed by atoms with Crippen LogP contribution < -0.4 is 14.8 Å². The molecule has 0 radical (unpaired) electrons. The van der Waals surface area contributed by atoms with Crippen molar-refractivity contribution in [3.05, 3.63) is 39.6 Å². The molecule has 1 amide bonds. The highest BCUT2D eigenvalue weighted by Crippen LogP contribution is 2.36. The zero-order valence-corrected chi connectivity index (χ0v) is 22.5. The lowest BCUT2D eigenvalue weighted by Gasteiger charge is -2.24. The molecule has 0 saturated carbocycles. The van der Waals surface area contributed by atoms with E-state index in [0.717, 1.165) is 12.1 Å². The second kappa shape index (κ2) is 9.94. The number of amides is 1. The van der Waals surface area contributed by atoms with Crippen LogP contribution in [0.5, 0.6) is 11.6 Å². The Balaban J connectivity index is 2.68. The van der Waals surface area contributed by atoms with Crippen molar-refractivity contribution in [2.75, 3.05) is 6.54 Å². The van der Waals surface area contributed by atoms with E-state index < -0.39 is 36.6 Å². The summed E-state index contributed by atoms with van der Waals surface area (Å²) in [5.74, 6) is -0.110. The largest absolute Gasteiger partial charge is 0.438 e. The maximum atomic E-state index is 13.2. The van der Waals surface area contributed by atoms with Gasteiger partial charge in [-0.1, -0.05) is 13.8 Å².